The molecule has 0 aliphatic carbocycles. The van der Waals surface area contributed by atoms with Gasteiger partial charge in [0, 0.05) is 13.7 Å². The first-order chi connectivity index (χ1) is 5.35. The van der Waals surface area contributed by atoms with Crippen molar-refractivity contribution in [3.8, 4) is 0 Å². The SMILES string of the molecule is CCN(CC)CCCCOC. The lowest BCUT2D eigenvalue weighted by Crippen LogP contribution is -2.24. The molecule has 0 fully saturated rings. The van der Waals surface area contributed by atoms with E-state index >= 15 is 0 Å². The summed E-state index contributed by atoms with van der Waals surface area (Å²) in [7, 11) is 1.76. The van der Waals surface area contributed by atoms with E-state index in [-0.39, 0.29) is 0 Å². The predicted molar refractivity (Wildman–Crippen MR) is 48.9 cm³/mol. The van der Waals surface area contributed by atoms with Gasteiger partial charge < -0.3 is 9.64 Å². The van der Waals surface area contributed by atoms with Crippen molar-refractivity contribution in [1.29, 1.82) is 0 Å². The Morgan fingerprint density at radius 2 is 1.73 bits per heavy atom. The lowest BCUT2D eigenvalue weighted by molar-refractivity contribution is 0.185. The highest BCUT2D eigenvalue weighted by Gasteiger charge is 1.96. The molecule has 0 bridgehead atoms. The molecular weight excluding hydrogens is 138 g/mol. The van der Waals surface area contributed by atoms with Crippen LogP contribution in [0.1, 0.15) is 26.7 Å². The van der Waals surface area contributed by atoms with Gasteiger partial charge in [-0.25, -0.2) is 0 Å². The van der Waals surface area contributed by atoms with Gasteiger partial charge in [-0.3, -0.25) is 0 Å². The Kier molecular flexibility index (Phi) is 7.96. The second-order valence-electron chi connectivity index (χ2n) is 2.73. The largest absolute Gasteiger partial charge is 0.385 e. The number of ether oxygens (including phenoxy) is 1. The van der Waals surface area contributed by atoms with Gasteiger partial charge >= 0.3 is 0 Å². The molecule has 11 heavy (non-hydrogen) atoms. The number of hydrogen-bond donors (Lipinski definition) is 0. The molecule has 0 saturated heterocycles. The van der Waals surface area contributed by atoms with E-state index in [9.17, 15) is 0 Å². The zero-order valence-electron chi connectivity index (χ0n) is 8.10. The number of methoxy groups -OCH3 is 1. The molecule has 0 radical (unpaired) electrons. The van der Waals surface area contributed by atoms with Gasteiger partial charge in [-0.1, -0.05) is 13.8 Å². The molecule has 0 aromatic rings. The highest BCUT2D eigenvalue weighted by atomic mass is 16.5. The standard InChI is InChI=1S/C9H21NO/c1-4-10(5-2)8-6-7-9-11-3/h4-9H2,1-3H3. The van der Waals surface area contributed by atoms with E-state index in [1.807, 2.05) is 0 Å². The fourth-order valence-corrected chi connectivity index (χ4v) is 1.12. The molecular formula is C9H21NO. The van der Waals surface area contributed by atoms with Crippen LogP contribution in [0.5, 0.6) is 0 Å². The van der Waals surface area contributed by atoms with E-state index in [4.69, 9.17) is 4.74 Å². The van der Waals surface area contributed by atoms with Crippen LogP contribution in [0, 0.1) is 0 Å². The van der Waals surface area contributed by atoms with Crippen LogP contribution in [0.25, 0.3) is 0 Å². The third kappa shape index (κ3) is 6.32. The van der Waals surface area contributed by atoms with E-state index in [0.29, 0.717) is 0 Å². The van der Waals surface area contributed by atoms with Crippen LogP contribution in [0.3, 0.4) is 0 Å². The summed E-state index contributed by atoms with van der Waals surface area (Å²) in [6.45, 7) is 8.88. The second-order valence-corrected chi connectivity index (χ2v) is 2.73. The Bertz CT molecular complexity index is 72.0. The van der Waals surface area contributed by atoms with Gasteiger partial charge in [0.2, 0.25) is 0 Å². The van der Waals surface area contributed by atoms with E-state index in [0.717, 1.165) is 6.61 Å². The summed E-state index contributed by atoms with van der Waals surface area (Å²) < 4.78 is 4.97. The van der Waals surface area contributed by atoms with Crippen molar-refractivity contribution in [2.45, 2.75) is 26.7 Å². The highest BCUT2D eigenvalue weighted by molar-refractivity contribution is 4.51. The molecule has 68 valence electrons. The molecule has 0 N–H and O–H groups in total. The lowest BCUT2D eigenvalue weighted by Gasteiger charge is -2.17. The summed E-state index contributed by atoms with van der Waals surface area (Å²) >= 11 is 0. The van der Waals surface area contributed by atoms with Gasteiger partial charge in [-0.2, -0.15) is 0 Å². The van der Waals surface area contributed by atoms with Crippen LogP contribution in [0.4, 0.5) is 0 Å². The first-order valence-corrected chi connectivity index (χ1v) is 4.56. The van der Waals surface area contributed by atoms with Crippen LogP contribution in [0.2, 0.25) is 0 Å². The van der Waals surface area contributed by atoms with Gasteiger partial charge in [-0.15, -0.1) is 0 Å². The minimum absolute atomic E-state index is 0.904. The van der Waals surface area contributed by atoms with Gasteiger partial charge in [-0.05, 0) is 32.5 Å². The maximum Gasteiger partial charge on any atom is 0.0462 e. The third-order valence-electron chi connectivity index (χ3n) is 1.97. The summed E-state index contributed by atoms with van der Waals surface area (Å²) in [6.07, 6.45) is 2.45. The number of unbranched alkanes of at least 4 members (excludes halogenated alkanes) is 1. The highest BCUT2D eigenvalue weighted by Crippen LogP contribution is 1.94. The Morgan fingerprint density at radius 3 is 2.18 bits per heavy atom. The zero-order chi connectivity index (χ0) is 8.53. The summed E-state index contributed by atoms with van der Waals surface area (Å²) in [6, 6.07) is 0. The van der Waals surface area contributed by atoms with Crippen LogP contribution in [0.15, 0.2) is 0 Å². The minimum Gasteiger partial charge on any atom is -0.385 e. The van der Waals surface area contributed by atoms with E-state index in [2.05, 4.69) is 18.7 Å². The molecule has 0 amide bonds. The van der Waals surface area contributed by atoms with Crippen molar-refractivity contribution in [3.05, 3.63) is 0 Å². The van der Waals surface area contributed by atoms with Crippen molar-refractivity contribution >= 4 is 0 Å². The summed E-state index contributed by atoms with van der Waals surface area (Å²) in [5, 5.41) is 0. The van der Waals surface area contributed by atoms with Crippen molar-refractivity contribution in [2.75, 3.05) is 33.4 Å². The summed E-state index contributed by atoms with van der Waals surface area (Å²) in [5.74, 6) is 0. The fourth-order valence-electron chi connectivity index (χ4n) is 1.12. The number of nitrogens with zero attached hydrogens (tertiary/aromatic N) is 1. The molecule has 2 nitrogen and oxygen atoms in total. The zero-order valence-corrected chi connectivity index (χ0v) is 8.10. The molecule has 2 heteroatoms. The Labute approximate surface area is 70.5 Å². The van der Waals surface area contributed by atoms with Crippen molar-refractivity contribution in [1.82, 2.24) is 4.90 Å². The monoisotopic (exact) mass is 159 g/mol. The smallest absolute Gasteiger partial charge is 0.0462 e. The van der Waals surface area contributed by atoms with E-state index in [1.165, 1.54) is 32.5 Å². The summed E-state index contributed by atoms with van der Waals surface area (Å²) in [4.78, 5) is 2.44. The fraction of sp³-hybridized carbons (Fsp3) is 1.00. The molecule has 0 aliphatic rings. The van der Waals surface area contributed by atoms with Crippen molar-refractivity contribution in [2.24, 2.45) is 0 Å². The van der Waals surface area contributed by atoms with Gasteiger partial charge in [0.1, 0.15) is 0 Å². The average molecular weight is 159 g/mol. The topological polar surface area (TPSA) is 12.5 Å². The van der Waals surface area contributed by atoms with E-state index < -0.39 is 0 Å². The Balaban J connectivity index is 3.07. The van der Waals surface area contributed by atoms with Crippen molar-refractivity contribution in [3.63, 3.8) is 0 Å². The maximum atomic E-state index is 4.97. The van der Waals surface area contributed by atoms with Gasteiger partial charge in [0.05, 0.1) is 0 Å². The molecule has 0 saturated carbocycles. The van der Waals surface area contributed by atoms with Gasteiger partial charge in [0.25, 0.3) is 0 Å². The quantitative estimate of drug-likeness (QED) is 0.525. The molecule has 0 aromatic carbocycles. The minimum atomic E-state index is 0.904. The van der Waals surface area contributed by atoms with Crippen LogP contribution in [-0.2, 0) is 4.74 Å². The molecule has 0 aliphatic heterocycles. The number of rotatable bonds is 7. The normalized spacial score (nSPS) is 10.9. The predicted octanol–water partition coefficient (Wildman–Crippen LogP) is 1.75. The van der Waals surface area contributed by atoms with E-state index in [1.54, 1.807) is 7.11 Å². The Morgan fingerprint density at radius 1 is 1.09 bits per heavy atom. The van der Waals surface area contributed by atoms with Crippen LogP contribution >= 0.6 is 0 Å². The van der Waals surface area contributed by atoms with Crippen molar-refractivity contribution < 1.29 is 4.74 Å². The number of hydrogen-bond acceptors (Lipinski definition) is 2. The first kappa shape index (κ1) is 10.9. The van der Waals surface area contributed by atoms with Crippen LogP contribution < -0.4 is 0 Å². The molecule has 0 atom stereocenters. The van der Waals surface area contributed by atoms with Gasteiger partial charge in [0.15, 0.2) is 0 Å². The molecule has 0 rings (SSSR count). The van der Waals surface area contributed by atoms with Crippen LogP contribution in [-0.4, -0.2) is 38.3 Å². The Hall–Kier alpha value is -0.0800. The molecule has 0 spiro atoms. The lowest BCUT2D eigenvalue weighted by atomic mass is 10.3. The second kappa shape index (κ2) is 8.02. The first-order valence-electron chi connectivity index (χ1n) is 4.56. The average Bonchev–Trinajstić information content (AvgIpc) is 2.05. The molecule has 0 heterocycles. The maximum absolute atomic E-state index is 4.97. The summed E-state index contributed by atoms with van der Waals surface area (Å²) in [5.41, 5.74) is 0. The molecule has 0 aromatic heterocycles. The molecule has 0 unspecified atom stereocenters. The third-order valence-corrected chi connectivity index (χ3v) is 1.97.